The van der Waals surface area contributed by atoms with E-state index in [1.807, 2.05) is 25.2 Å². The van der Waals surface area contributed by atoms with Crippen LogP contribution in [0.5, 0.6) is 0 Å². The highest BCUT2D eigenvalue weighted by Gasteiger charge is 2.13. The highest BCUT2D eigenvalue weighted by atomic mass is 35.5. The fourth-order valence-corrected chi connectivity index (χ4v) is 2.73. The zero-order chi connectivity index (χ0) is 14.1. The first-order chi connectivity index (χ1) is 9.74. The number of aryl methyl sites for hydroxylation is 1. The number of hydrogen-bond acceptors (Lipinski definition) is 2. The van der Waals surface area contributed by atoms with E-state index in [1.54, 1.807) is 0 Å². The predicted molar refractivity (Wildman–Crippen MR) is 85.4 cm³/mol. The fourth-order valence-electron chi connectivity index (χ4n) is 2.46. The van der Waals surface area contributed by atoms with Crippen LogP contribution in [0.3, 0.4) is 0 Å². The Balaban J connectivity index is 2.22. The molecule has 3 nitrogen and oxygen atoms in total. The van der Waals surface area contributed by atoms with Crippen molar-refractivity contribution in [1.29, 1.82) is 0 Å². The van der Waals surface area contributed by atoms with Gasteiger partial charge in [-0.3, -0.25) is 0 Å². The lowest BCUT2D eigenvalue weighted by molar-refractivity contribution is 0.796. The first kappa shape index (κ1) is 13.0. The molecule has 0 aliphatic heterocycles. The van der Waals surface area contributed by atoms with Gasteiger partial charge in [0.2, 0.25) is 0 Å². The smallest absolute Gasteiger partial charge is 0.141 e. The summed E-state index contributed by atoms with van der Waals surface area (Å²) in [6, 6.07) is 14.1. The van der Waals surface area contributed by atoms with Gasteiger partial charge in [0.15, 0.2) is 0 Å². The number of rotatable bonds is 3. The van der Waals surface area contributed by atoms with E-state index in [9.17, 15) is 0 Å². The number of halogens is 1. The van der Waals surface area contributed by atoms with Crippen molar-refractivity contribution in [3.63, 3.8) is 0 Å². The molecule has 0 bridgehead atoms. The highest BCUT2D eigenvalue weighted by Crippen LogP contribution is 2.29. The Morgan fingerprint density at radius 3 is 2.55 bits per heavy atom. The molecule has 0 spiro atoms. The molecule has 1 heterocycles. The molecular weight excluding hydrogens is 270 g/mol. The molecule has 0 radical (unpaired) electrons. The van der Waals surface area contributed by atoms with Crippen molar-refractivity contribution < 1.29 is 0 Å². The number of para-hydroxylation sites is 1. The normalized spacial score (nSPS) is 10.9. The maximum atomic E-state index is 6.32. The summed E-state index contributed by atoms with van der Waals surface area (Å²) in [7, 11) is 1.91. The second-order valence-electron chi connectivity index (χ2n) is 4.61. The molecule has 20 heavy (non-hydrogen) atoms. The van der Waals surface area contributed by atoms with Gasteiger partial charge in [-0.05, 0) is 43.3 Å². The summed E-state index contributed by atoms with van der Waals surface area (Å²) in [6.45, 7) is 2.94. The molecular formula is C16H16ClN3. The second-order valence-corrected chi connectivity index (χ2v) is 5.02. The van der Waals surface area contributed by atoms with Gasteiger partial charge in [-0.15, -0.1) is 0 Å². The van der Waals surface area contributed by atoms with E-state index in [0.717, 1.165) is 39.7 Å². The molecule has 0 aliphatic carbocycles. The van der Waals surface area contributed by atoms with Gasteiger partial charge >= 0.3 is 0 Å². The van der Waals surface area contributed by atoms with Crippen LogP contribution in [0, 0.1) is 0 Å². The summed E-state index contributed by atoms with van der Waals surface area (Å²) in [4.78, 5) is 4.73. The number of nitrogens with zero attached hydrogens (tertiary/aromatic N) is 2. The van der Waals surface area contributed by atoms with Gasteiger partial charge in [0, 0.05) is 24.8 Å². The van der Waals surface area contributed by atoms with E-state index in [2.05, 4.69) is 41.1 Å². The quantitative estimate of drug-likeness (QED) is 0.772. The molecule has 1 aromatic heterocycles. The Bertz CT molecular complexity index is 744. The van der Waals surface area contributed by atoms with Crippen molar-refractivity contribution in [2.45, 2.75) is 13.5 Å². The summed E-state index contributed by atoms with van der Waals surface area (Å²) < 4.78 is 2.16. The van der Waals surface area contributed by atoms with Crippen LogP contribution in [-0.2, 0) is 6.54 Å². The Kier molecular flexibility index (Phi) is 3.36. The van der Waals surface area contributed by atoms with Gasteiger partial charge in [-0.25, -0.2) is 4.98 Å². The zero-order valence-corrected chi connectivity index (χ0v) is 12.3. The van der Waals surface area contributed by atoms with Crippen molar-refractivity contribution in [2.75, 3.05) is 12.4 Å². The summed E-state index contributed by atoms with van der Waals surface area (Å²) in [5.41, 5.74) is 4.13. The Hall–Kier alpha value is -2.00. The minimum Gasteiger partial charge on any atom is -0.388 e. The Morgan fingerprint density at radius 1 is 1.15 bits per heavy atom. The van der Waals surface area contributed by atoms with Crippen LogP contribution in [0.2, 0.25) is 5.02 Å². The third-order valence-electron chi connectivity index (χ3n) is 3.47. The molecule has 1 N–H and O–H groups in total. The molecule has 0 saturated carbocycles. The monoisotopic (exact) mass is 285 g/mol. The van der Waals surface area contributed by atoms with Crippen LogP contribution in [0.1, 0.15) is 6.92 Å². The SMILES string of the molecule is CCn1c(-c2ccc(NC)cc2)nc2cccc(Cl)c21. The lowest BCUT2D eigenvalue weighted by Crippen LogP contribution is -1.98. The molecule has 0 fully saturated rings. The molecule has 0 unspecified atom stereocenters. The van der Waals surface area contributed by atoms with Crippen molar-refractivity contribution >= 4 is 28.3 Å². The van der Waals surface area contributed by atoms with Crippen molar-refractivity contribution in [2.24, 2.45) is 0 Å². The first-order valence-corrected chi connectivity index (χ1v) is 7.05. The molecule has 0 atom stereocenters. The molecule has 102 valence electrons. The van der Waals surface area contributed by atoms with E-state index in [-0.39, 0.29) is 0 Å². The van der Waals surface area contributed by atoms with Crippen LogP contribution in [0.4, 0.5) is 5.69 Å². The van der Waals surface area contributed by atoms with Crippen LogP contribution < -0.4 is 5.32 Å². The summed E-state index contributed by atoms with van der Waals surface area (Å²) in [6.07, 6.45) is 0. The second kappa shape index (κ2) is 5.17. The van der Waals surface area contributed by atoms with E-state index in [1.165, 1.54) is 0 Å². The lowest BCUT2D eigenvalue weighted by Gasteiger charge is -2.07. The topological polar surface area (TPSA) is 29.9 Å². The van der Waals surface area contributed by atoms with Crippen LogP contribution in [0.25, 0.3) is 22.4 Å². The summed E-state index contributed by atoms with van der Waals surface area (Å²) in [5, 5.41) is 3.87. The maximum absolute atomic E-state index is 6.32. The van der Waals surface area contributed by atoms with Crippen LogP contribution >= 0.6 is 11.6 Å². The molecule has 3 rings (SSSR count). The van der Waals surface area contributed by atoms with Crippen LogP contribution in [0.15, 0.2) is 42.5 Å². The number of aromatic nitrogens is 2. The minimum atomic E-state index is 0.745. The Morgan fingerprint density at radius 2 is 1.90 bits per heavy atom. The number of benzene rings is 2. The van der Waals surface area contributed by atoms with Gasteiger partial charge in [0.1, 0.15) is 5.82 Å². The molecule has 0 amide bonds. The average molecular weight is 286 g/mol. The zero-order valence-electron chi connectivity index (χ0n) is 11.5. The van der Waals surface area contributed by atoms with Crippen LogP contribution in [-0.4, -0.2) is 16.6 Å². The maximum Gasteiger partial charge on any atom is 0.141 e. The van der Waals surface area contributed by atoms with E-state index < -0.39 is 0 Å². The molecule has 3 aromatic rings. The number of anilines is 1. The van der Waals surface area contributed by atoms with Gasteiger partial charge in [-0.2, -0.15) is 0 Å². The minimum absolute atomic E-state index is 0.745. The van der Waals surface area contributed by atoms with E-state index in [0.29, 0.717) is 0 Å². The number of imidazole rings is 1. The molecule has 4 heteroatoms. The third-order valence-corrected chi connectivity index (χ3v) is 3.77. The lowest BCUT2D eigenvalue weighted by atomic mass is 10.2. The fraction of sp³-hybridized carbons (Fsp3) is 0.188. The van der Waals surface area contributed by atoms with Gasteiger partial charge in [0.25, 0.3) is 0 Å². The molecule has 0 aliphatic rings. The molecule has 0 saturated heterocycles. The average Bonchev–Trinajstić information content (AvgIpc) is 2.87. The Labute approximate surface area is 123 Å². The third kappa shape index (κ3) is 2.04. The highest BCUT2D eigenvalue weighted by molar-refractivity contribution is 6.35. The van der Waals surface area contributed by atoms with Crippen molar-refractivity contribution in [1.82, 2.24) is 9.55 Å². The number of nitrogens with one attached hydrogen (secondary N) is 1. The van der Waals surface area contributed by atoms with Crippen molar-refractivity contribution in [3.8, 4) is 11.4 Å². The first-order valence-electron chi connectivity index (χ1n) is 6.67. The summed E-state index contributed by atoms with van der Waals surface area (Å²) in [5.74, 6) is 0.957. The number of fused-ring (bicyclic) bond motifs is 1. The largest absolute Gasteiger partial charge is 0.388 e. The van der Waals surface area contributed by atoms with Gasteiger partial charge in [0.05, 0.1) is 16.1 Å². The van der Waals surface area contributed by atoms with Gasteiger partial charge < -0.3 is 9.88 Å². The predicted octanol–water partition coefficient (Wildman–Crippen LogP) is 4.42. The molecule has 2 aromatic carbocycles. The van der Waals surface area contributed by atoms with Crippen molar-refractivity contribution in [3.05, 3.63) is 47.5 Å². The van der Waals surface area contributed by atoms with E-state index in [4.69, 9.17) is 16.6 Å². The van der Waals surface area contributed by atoms with Gasteiger partial charge in [-0.1, -0.05) is 17.7 Å². The summed E-state index contributed by atoms with van der Waals surface area (Å²) >= 11 is 6.32. The van der Waals surface area contributed by atoms with E-state index >= 15 is 0 Å². The standard InChI is InChI=1S/C16H16ClN3/c1-3-20-15-13(17)5-4-6-14(15)19-16(20)11-7-9-12(18-2)10-8-11/h4-10,18H,3H2,1-2H3. The number of hydrogen-bond donors (Lipinski definition) is 1.